The number of carbonyl (C=O) groups excluding carboxylic acids is 3. The molecule has 47 heavy (non-hydrogen) atoms. The smallest absolute Gasteiger partial charge is 0.418 e. The normalized spacial score (nSPS) is 11.5. The molecule has 0 fully saturated rings. The van der Waals surface area contributed by atoms with E-state index >= 15 is 0 Å². The van der Waals surface area contributed by atoms with E-state index in [2.05, 4.69) is 16.0 Å². The van der Waals surface area contributed by atoms with Crippen LogP contribution in [-0.4, -0.2) is 23.5 Å². The number of hydrogen-bond donors (Lipinski definition) is 3. The van der Waals surface area contributed by atoms with E-state index in [0.29, 0.717) is 27.7 Å². The lowest BCUT2D eigenvalue weighted by atomic mass is 10.1. The van der Waals surface area contributed by atoms with Crippen molar-refractivity contribution in [3.63, 3.8) is 0 Å². The number of para-hydroxylation sites is 1. The van der Waals surface area contributed by atoms with E-state index in [-0.39, 0.29) is 17.1 Å². The van der Waals surface area contributed by atoms with Gasteiger partial charge in [-0.1, -0.05) is 60.2 Å². The average molecular weight is 656 g/mol. The summed E-state index contributed by atoms with van der Waals surface area (Å²) < 4.78 is 45.7. The van der Waals surface area contributed by atoms with Crippen molar-refractivity contribution in [1.29, 1.82) is 0 Å². The molecule has 0 saturated heterocycles. The number of hydrogen-bond acceptors (Lipinski definition) is 5. The van der Waals surface area contributed by atoms with Gasteiger partial charge in [0.1, 0.15) is 17.2 Å². The van der Waals surface area contributed by atoms with Crippen LogP contribution in [0.2, 0.25) is 0 Å². The number of nitrogens with one attached hydrogen (secondary N) is 3. The molecule has 0 radical (unpaired) electrons. The molecular formula is C36H28F3N3O4S. The third-order valence-corrected chi connectivity index (χ3v) is 7.78. The van der Waals surface area contributed by atoms with Gasteiger partial charge in [0.25, 0.3) is 11.8 Å². The molecule has 0 aliphatic heterocycles. The molecule has 0 spiro atoms. The van der Waals surface area contributed by atoms with Crippen molar-refractivity contribution >= 4 is 46.9 Å². The third kappa shape index (κ3) is 9.01. The molecule has 5 rings (SSSR count). The predicted octanol–water partition coefficient (Wildman–Crippen LogP) is 8.41. The van der Waals surface area contributed by atoms with E-state index in [1.165, 1.54) is 24.3 Å². The summed E-state index contributed by atoms with van der Waals surface area (Å²) in [7, 11) is 0. The molecule has 0 aliphatic carbocycles. The SMILES string of the molecule is Cc1ccc(-c2ccc(/C=C(\NC(=O)c3ccccc3)C(=O)Nc3ccc(SCC(=O)Nc4ccccc4C(F)(F)F)cc3)o2)cc1. The van der Waals surface area contributed by atoms with E-state index in [4.69, 9.17) is 4.42 Å². The van der Waals surface area contributed by atoms with Crippen molar-refractivity contribution in [3.05, 3.63) is 143 Å². The molecule has 238 valence electrons. The zero-order valence-corrected chi connectivity index (χ0v) is 25.7. The van der Waals surface area contributed by atoms with Crippen LogP contribution < -0.4 is 16.0 Å². The number of rotatable bonds is 10. The van der Waals surface area contributed by atoms with Gasteiger partial charge >= 0.3 is 6.18 Å². The fourth-order valence-corrected chi connectivity index (χ4v) is 5.09. The molecule has 3 N–H and O–H groups in total. The van der Waals surface area contributed by atoms with Crippen LogP contribution in [0.1, 0.15) is 27.2 Å². The summed E-state index contributed by atoms with van der Waals surface area (Å²) in [5, 5.41) is 7.73. The summed E-state index contributed by atoms with van der Waals surface area (Å²) in [6, 6.07) is 31.0. The largest absolute Gasteiger partial charge is 0.457 e. The number of thioether (sulfide) groups is 1. The maximum atomic E-state index is 13.4. The Bertz CT molecular complexity index is 1900. The second kappa shape index (κ2) is 14.7. The van der Waals surface area contributed by atoms with Crippen molar-refractivity contribution in [2.45, 2.75) is 18.0 Å². The van der Waals surface area contributed by atoms with Crippen LogP contribution in [0.4, 0.5) is 24.5 Å². The monoisotopic (exact) mass is 655 g/mol. The molecule has 11 heteroatoms. The van der Waals surface area contributed by atoms with Crippen LogP contribution in [0.3, 0.4) is 0 Å². The molecule has 0 bridgehead atoms. The maximum Gasteiger partial charge on any atom is 0.418 e. The number of aryl methyl sites for hydroxylation is 1. The van der Waals surface area contributed by atoms with Crippen molar-refractivity contribution in [1.82, 2.24) is 5.32 Å². The van der Waals surface area contributed by atoms with Crippen molar-refractivity contribution in [3.8, 4) is 11.3 Å². The second-order valence-corrected chi connectivity index (χ2v) is 11.4. The standard InChI is InChI=1S/C36H28F3N3O4S/c1-23-11-13-24(14-12-23)32-20-17-27(46-32)21-31(42-34(44)25-7-3-2-4-8-25)35(45)40-26-15-18-28(19-16-26)47-22-33(43)41-30-10-6-5-9-29(30)36(37,38)39/h2-21H,22H2,1H3,(H,40,45)(H,41,43)(H,42,44)/b31-21-. The summed E-state index contributed by atoms with van der Waals surface area (Å²) >= 11 is 1.12. The predicted molar refractivity (Wildman–Crippen MR) is 177 cm³/mol. The lowest BCUT2D eigenvalue weighted by Gasteiger charge is -2.13. The minimum Gasteiger partial charge on any atom is -0.457 e. The van der Waals surface area contributed by atoms with Gasteiger partial charge < -0.3 is 20.4 Å². The van der Waals surface area contributed by atoms with Crippen molar-refractivity contribution in [2.75, 3.05) is 16.4 Å². The van der Waals surface area contributed by atoms with E-state index in [0.717, 1.165) is 29.0 Å². The molecule has 1 aromatic heterocycles. The zero-order valence-electron chi connectivity index (χ0n) is 24.9. The molecule has 4 aromatic carbocycles. The van der Waals surface area contributed by atoms with Gasteiger partial charge in [-0.25, -0.2) is 0 Å². The highest BCUT2D eigenvalue weighted by atomic mass is 32.2. The average Bonchev–Trinajstić information content (AvgIpc) is 3.53. The first-order valence-corrected chi connectivity index (χ1v) is 15.3. The molecular weight excluding hydrogens is 627 g/mol. The van der Waals surface area contributed by atoms with Gasteiger partial charge in [-0.3, -0.25) is 14.4 Å². The Labute approximate surface area is 272 Å². The number of halogens is 3. The van der Waals surface area contributed by atoms with E-state index in [1.54, 1.807) is 66.7 Å². The Hall–Kier alpha value is -5.55. The quantitative estimate of drug-likeness (QED) is 0.104. The van der Waals surface area contributed by atoms with Crippen LogP contribution in [0, 0.1) is 6.92 Å². The minimum atomic E-state index is -4.60. The van der Waals surface area contributed by atoms with Crippen LogP contribution >= 0.6 is 11.8 Å². The lowest BCUT2D eigenvalue weighted by molar-refractivity contribution is -0.137. The van der Waals surface area contributed by atoms with Crippen LogP contribution in [0.15, 0.2) is 130 Å². The summed E-state index contributed by atoms with van der Waals surface area (Å²) in [5.41, 5.74) is 1.43. The molecule has 1 heterocycles. The van der Waals surface area contributed by atoms with E-state index in [9.17, 15) is 27.6 Å². The van der Waals surface area contributed by atoms with Gasteiger partial charge in [-0.05, 0) is 67.6 Å². The second-order valence-electron chi connectivity index (χ2n) is 10.3. The Morgan fingerprint density at radius 3 is 2.17 bits per heavy atom. The number of carbonyl (C=O) groups is 3. The van der Waals surface area contributed by atoms with Gasteiger partial charge in [0, 0.05) is 27.8 Å². The van der Waals surface area contributed by atoms with Gasteiger partial charge in [-0.15, -0.1) is 11.8 Å². The number of amides is 3. The van der Waals surface area contributed by atoms with Crippen molar-refractivity contribution < 1.29 is 32.0 Å². The Kier molecular flexibility index (Phi) is 10.3. The lowest BCUT2D eigenvalue weighted by Crippen LogP contribution is -2.30. The molecule has 5 aromatic rings. The first-order chi connectivity index (χ1) is 22.5. The third-order valence-electron chi connectivity index (χ3n) is 6.77. The van der Waals surface area contributed by atoms with E-state index in [1.807, 2.05) is 31.2 Å². The van der Waals surface area contributed by atoms with Gasteiger partial charge in [-0.2, -0.15) is 13.2 Å². The molecule has 7 nitrogen and oxygen atoms in total. The summed E-state index contributed by atoms with van der Waals surface area (Å²) in [4.78, 5) is 39.4. The van der Waals surface area contributed by atoms with Gasteiger partial charge in [0.2, 0.25) is 5.91 Å². The number of furan rings is 1. The molecule has 0 saturated carbocycles. The van der Waals surface area contributed by atoms with Gasteiger partial charge in [0.05, 0.1) is 17.0 Å². The first-order valence-electron chi connectivity index (χ1n) is 14.3. The van der Waals surface area contributed by atoms with Crippen LogP contribution in [0.25, 0.3) is 17.4 Å². The van der Waals surface area contributed by atoms with Crippen LogP contribution in [0.5, 0.6) is 0 Å². The maximum absolute atomic E-state index is 13.4. The minimum absolute atomic E-state index is 0.0575. The van der Waals surface area contributed by atoms with E-state index < -0.39 is 29.5 Å². The zero-order chi connectivity index (χ0) is 33.4. The number of benzene rings is 4. The Balaban J connectivity index is 1.26. The number of anilines is 2. The van der Waals surface area contributed by atoms with Gasteiger partial charge in [0.15, 0.2) is 0 Å². The highest BCUT2D eigenvalue weighted by Gasteiger charge is 2.33. The summed E-state index contributed by atoms with van der Waals surface area (Å²) in [6.07, 6.45) is -3.16. The fraction of sp³-hybridized carbons (Fsp3) is 0.0833. The Morgan fingerprint density at radius 1 is 0.787 bits per heavy atom. The Morgan fingerprint density at radius 2 is 1.47 bits per heavy atom. The topological polar surface area (TPSA) is 100 Å². The number of alkyl halides is 3. The molecule has 0 atom stereocenters. The molecule has 3 amide bonds. The highest BCUT2D eigenvalue weighted by Crippen LogP contribution is 2.34. The summed E-state index contributed by atoms with van der Waals surface area (Å²) in [6.45, 7) is 1.98. The first kappa shape index (κ1) is 32.8. The highest BCUT2D eigenvalue weighted by molar-refractivity contribution is 8.00. The molecule has 0 unspecified atom stereocenters. The fourth-order valence-electron chi connectivity index (χ4n) is 4.40. The van der Waals surface area contributed by atoms with Crippen molar-refractivity contribution in [2.24, 2.45) is 0 Å². The molecule has 0 aliphatic rings. The van der Waals surface area contributed by atoms with Crippen LogP contribution in [-0.2, 0) is 15.8 Å². The summed E-state index contributed by atoms with van der Waals surface area (Å²) in [5.74, 6) is -0.884.